The minimum absolute atomic E-state index is 0.145. The summed E-state index contributed by atoms with van der Waals surface area (Å²) in [7, 11) is -3.51. The molecule has 0 radical (unpaired) electrons. The molecule has 198 valence electrons. The molecule has 1 atom stereocenters. The Balaban J connectivity index is 2.17. The van der Waals surface area contributed by atoms with Gasteiger partial charge in [0.05, 0.1) is 11.9 Å². The van der Waals surface area contributed by atoms with E-state index in [4.69, 9.17) is 0 Å². The average molecular weight is 516 g/mol. The molecule has 2 amide bonds. The van der Waals surface area contributed by atoms with E-state index in [0.717, 1.165) is 11.1 Å². The van der Waals surface area contributed by atoms with E-state index in [1.165, 1.54) is 10.6 Å². The molecule has 0 fully saturated rings. The van der Waals surface area contributed by atoms with Crippen molar-refractivity contribution in [1.29, 1.82) is 0 Å². The molecule has 2 aromatic carbocycles. The van der Waals surface area contributed by atoms with Gasteiger partial charge in [-0.3, -0.25) is 13.9 Å². The fourth-order valence-corrected chi connectivity index (χ4v) is 5.03. The van der Waals surface area contributed by atoms with Gasteiger partial charge in [-0.05, 0) is 64.7 Å². The number of anilines is 1. The van der Waals surface area contributed by atoms with Crippen LogP contribution in [0.2, 0.25) is 0 Å². The Labute approximate surface area is 216 Å². The smallest absolute Gasteiger partial charge is 0.243 e. The number of amides is 2. The number of carbonyl (C=O) groups is 2. The average Bonchev–Trinajstić information content (AvgIpc) is 2.78. The first-order valence-electron chi connectivity index (χ1n) is 12.5. The Morgan fingerprint density at radius 3 is 2.11 bits per heavy atom. The molecule has 0 aliphatic heterocycles. The van der Waals surface area contributed by atoms with Crippen molar-refractivity contribution in [1.82, 2.24) is 10.2 Å². The maximum Gasteiger partial charge on any atom is 0.243 e. The topological polar surface area (TPSA) is 86.8 Å². The molecule has 0 bridgehead atoms. The number of sulfonamides is 1. The van der Waals surface area contributed by atoms with Crippen LogP contribution in [0.4, 0.5) is 5.69 Å². The highest BCUT2D eigenvalue weighted by Gasteiger charge is 2.30. The van der Waals surface area contributed by atoms with Crippen molar-refractivity contribution in [2.24, 2.45) is 0 Å². The summed E-state index contributed by atoms with van der Waals surface area (Å²) < 4.78 is 26.2. The number of nitrogens with one attached hydrogen (secondary N) is 1. The minimum Gasteiger partial charge on any atom is -0.350 e. The van der Waals surface area contributed by atoms with Crippen LogP contribution in [0.3, 0.4) is 0 Å². The predicted octanol–water partition coefficient (Wildman–Crippen LogP) is 4.31. The van der Waals surface area contributed by atoms with E-state index in [1.54, 1.807) is 17.0 Å². The summed E-state index contributed by atoms with van der Waals surface area (Å²) in [5.74, 6) is -0.331. The van der Waals surface area contributed by atoms with Crippen LogP contribution in [0.15, 0.2) is 54.6 Å². The van der Waals surface area contributed by atoms with Crippen LogP contribution in [-0.4, -0.2) is 56.1 Å². The second-order valence-electron chi connectivity index (χ2n) is 10.3. The Hall–Kier alpha value is -2.87. The van der Waals surface area contributed by atoms with Gasteiger partial charge in [0.15, 0.2) is 0 Å². The fourth-order valence-electron chi connectivity index (χ4n) is 4.06. The van der Waals surface area contributed by atoms with Crippen molar-refractivity contribution in [3.05, 3.63) is 65.7 Å². The van der Waals surface area contributed by atoms with Crippen LogP contribution < -0.4 is 9.62 Å². The van der Waals surface area contributed by atoms with Crippen LogP contribution >= 0.6 is 0 Å². The van der Waals surface area contributed by atoms with Gasteiger partial charge >= 0.3 is 0 Å². The molecule has 0 aromatic heterocycles. The molecule has 0 heterocycles. The SMILES string of the molecule is CC[C@@H](C(=O)NC(C)(C)C)N(CCc1ccccc1)C(=O)CCCN(c1ccc(C)cc1)S(C)(=O)=O. The normalized spacial score (nSPS) is 12.6. The minimum atomic E-state index is -3.51. The number of hydrogen-bond donors (Lipinski definition) is 1. The van der Waals surface area contributed by atoms with Gasteiger partial charge in [0.2, 0.25) is 21.8 Å². The van der Waals surface area contributed by atoms with E-state index in [-0.39, 0.29) is 24.8 Å². The van der Waals surface area contributed by atoms with Gasteiger partial charge in [-0.25, -0.2) is 8.42 Å². The van der Waals surface area contributed by atoms with E-state index in [0.29, 0.717) is 31.5 Å². The van der Waals surface area contributed by atoms with Gasteiger partial charge < -0.3 is 10.2 Å². The summed E-state index contributed by atoms with van der Waals surface area (Å²) in [4.78, 5) is 28.2. The molecular weight excluding hydrogens is 474 g/mol. The lowest BCUT2D eigenvalue weighted by Gasteiger charge is -2.33. The van der Waals surface area contributed by atoms with Crippen molar-refractivity contribution in [2.75, 3.05) is 23.7 Å². The largest absolute Gasteiger partial charge is 0.350 e. The highest BCUT2D eigenvalue weighted by molar-refractivity contribution is 7.92. The number of rotatable bonds is 12. The van der Waals surface area contributed by atoms with Gasteiger partial charge in [0.25, 0.3) is 0 Å². The fraction of sp³-hybridized carbons (Fsp3) is 0.500. The molecule has 0 saturated carbocycles. The molecular formula is C28H41N3O4S. The van der Waals surface area contributed by atoms with Gasteiger partial charge in [-0.2, -0.15) is 0 Å². The van der Waals surface area contributed by atoms with Crippen LogP contribution in [-0.2, 0) is 26.0 Å². The van der Waals surface area contributed by atoms with Crippen LogP contribution in [0.25, 0.3) is 0 Å². The van der Waals surface area contributed by atoms with Crippen molar-refractivity contribution >= 4 is 27.5 Å². The third-order valence-corrected chi connectivity index (χ3v) is 7.04. The maximum absolute atomic E-state index is 13.4. The summed E-state index contributed by atoms with van der Waals surface area (Å²) in [6, 6.07) is 16.5. The molecule has 0 aliphatic rings. The van der Waals surface area contributed by atoms with E-state index in [2.05, 4.69) is 5.32 Å². The van der Waals surface area contributed by atoms with E-state index in [1.807, 2.05) is 77.1 Å². The van der Waals surface area contributed by atoms with Gasteiger partial charge in [-0.15, -0.1) is 0 Å². The lowest BCUT2D eigenvalue weighted by molar-refractivity contribution is -0.141. The second kappa shape index (κ2) is 12.9. The third kappa shape index (κ3) is 9.30. The molecule has 0 aliphatic carbocycles. The molecule has 1 N–H and O–H groups in total. The first-order chi connectivity index (χ1) is 16.8. The second-order valence-corrected chi connectivity index (χ2v) is 12.2. The first-order valence-corrected chi connectivity index (χ1v) is 14.4. The van der Waals surface area contributed by atoms with Crippen LogP contribution in [0.5, 0.6) is 0 Å². The zero-order valence-corrected chi connectivity index (χ0v) is 23.3. The van der Waals surface area contributed by atoms with Crippen molar-refractivity contribution in [3.8, 4) is 0 Å². The lowest BCUT2D eigenvalue weighted by atomic mass is 10.0. The monoisotopic (exact) mass is 515 g/mol. The molecule has 0 unspecified atom stereocenters. The Kier molecular flexibility index (Phi) is 10.5. The first kappa shape index (κ1) is 29.4. The molecule has 7 nitrogen and oxygen atoms in total. The zero-order chi connectivity index (χ0) is 26.9. The van der Waals surface area contributed by atoms with Gasteiger partial charge in [0.1, 0.15) is 6.04 Å². The standard InChI is InChI=1S/C28H41N3O4S/c1-7-25(27(33)29-28(3,4)5)30(21-19-23-12-9-8-10-13-23)26(32)14-11-20-31(36(6,34)35)24-17-15-22(2)16-18-24/h8-10,12-13,15-18,25H,7,11,14,19-21H2,1-6H3,(H,29,33)/t25-/m0/s1. The molecule has 8 heteroatoms. The predicted molar refractivity (Wildman–Crippen MR) is 146 cm³/mol. The number of benzene rings is 2. The summed E-state index contributed by atoms with van der Waals surface area (Å²) >= 11 is 0. The highest BCUT2D eigenvalue weighted by Crippen LogP contribution is 2.20. The number of nitrogens with zero attached hydrogens (tertiary/aromatic N) is 2. The van der Waals surface area contributed by atoms with E-state index < -0.39 is 21.6 Å². The van der Waals surface area contributed by atoms with Crippen molar-refractivity contribution in [2.45, 2.75) is 71.9 Å². The number of hydrogen-bond acceptors (Lipinski definition) is 4. The summed E-state index contributed by atoms with van der Waals surface area (Å²) in [5.41, 5.74) is 2.29. The molecule has 0 saturated heterocycles. The highest BCUT2D eigenvalue weighted by atomic mass is 32.2. The molecule has 2 aromatic rings. The van der Waals surface area contributed by atoms with E-state index >= 15 is 0 Å². The molecule has 2 rings (SSSR count). The zero-order valence-electron chi connectivity index (χ0n) is 22.5. The third-order valence-electron chi connectivity index (χ3n) is 5.84. The quantitative estimate of drug-likeness (QED) is 0.456. The summed E-state index contributed by atoms with van der Waals surface area (Å²) in [6.07, 6.45) is 2.78. The van der Waals surface area contributed by atoms with Crippen molar-refractivity contribution < 1.29 is 18.0 Å². The Morgan fingerprint density at radius 2 is 1.58 bits per heavy atom. The lowest BCUT2D eigenvalue weighted by Crippen LogP contribution is -2.54. The van der Waals surface area contributed by atoms with Crippen LogP contribution in [0.1, 0.15) is 58.1 Å². The Bertz CT molecular complexity index is 1090. The van der Waals surface area contributed by atoms with E-state index in [9.17, 15) is 18.0 Å². The van der Waals surface area contributed by atoms with Crippen LogP contribution in [0, 0.1) is 6.92 Å². The van der Waals surface area contributed by atoms with Gasteiger partial charge in [-0.1, -0.05) is 55.0 Å². The Morgan fingerprint density at radius 1 is 0.972 bits per heavy atom. The summed E-state index contributed by atoms with van der Waals surface area (Å²) in [6.45, 7) is 10.2. The van der Waals surface area contributed by atoms with Gasteiger partial charge in [0, 0.05) is 25.0 Å². The number of carbonyl (C=O) groups excluding carboxylic acids is 2. The maximum atomic E-state index is 13.4. The number of aryl methyl sites for hydroxylation is 1. The molecule has 36 heavy (non-hydrogen) atoms. The molecule has 0 spiro atoms. The van der Waals surface area contributed by atoms with Crippen molar-refractivity contribution in [3.63, 3.8) is 0 Å². The summed E-state index contributed by atoms with van der Waals surface area (Å²) in [5, 5.41) is 3.00.